The molecule has 1 fully saturated rings. The van der Waals surface area contributed by atoms with Crippen LogP contribution in [0.2, 0.25) is 0 Å². The van der Waals surface area contributed by atoms with Crippen molar-refractivity contribution in [1.29, 1.82) is 0 Å². The van der Waals surface area contributed by atoms with Crippen molar-refractivity contribution in [3.8, 4) is 5.88 Å². The van der Waals surface area contributed by atoms with Gasteiger partial charge in [0, 0.05) is 14.1 Å². The summed E-state index contributed by atoms with van der Waals surface area (Å²) in [6, 6.07) is 7.95. The third kappa shape index (κ3) is 5.05. The number of ether oxygens (including phenoxy) is 2. The van der Waals surface area contributed by atoms with Gasteiger partial charge in [-0.25, -0.2) is 4.79 Å². The maximum Gasteiger partial charge on any atom is 0.333 e. The molecule has 1 aromatic heterocycles. The number of carbonyl (C=O) groups excluding carboxylic acids is 1. The topological polar surface area (TPSA) is 172 Å². The lowest BCUT2D eigenvalue weighted by molar-refractivity contribution is -0.273. The molecule has 12 nitrogen and oxygen atoms in total. The summed E-state index contributed by atoms with van der Waals surface area (Å²) in [6.45, 7) is -1.04. The van der Waals surface area contributed by atoms with Crippen molar-refractivity contribution in [2.24, 2.45) is 14.1 Å². The van der Waals surface area contributed by atoms with Gasteiger partial charge in [0.05, 0.1) is 25.8 Å². The second-order valence-electron chi connectivity index (χ2n) is 7.74. The number of aromatic nitrogens is 2. The normalized spacial score (nSPS) is 25.2. The van der Waals surface area contributed by atoms with Crippen LogP contribution < -0.4 is 16.6 Å². The summed E-state index contributed by atoms with van der Waals surface area (Å²) >= 11 is 0. The smallest absolute Gasteiger partial charge is 0.333 e. The maximum atomic E-state index is 12.7. The van der Waals surface area contributed by atoms with Gasteiger partial charge in [-0.1, -0.05) is 30.3 Å². The third-order valence-corrected chi connectivity index (χ3v) is 5.55. The fraction of sp³-hybridized carbons (Fsp3) is 0.476. The summed E-state index contributed by atoms with van der Waals surface area (Å²) in [5.74, 6) is -1.64. The minimum atomic E-state index is -1.49. The zero-order valence-electron chi connectivity index (χ0n) is 18.1. The molecule has 2 heterocycles. The Balaban J connectivity index is 1.79. The van der Waals surface area contributed by atoms with E-state index in [1.54, 1.807) is 0 Å². The van der Waals surface area contributed by atoms with Crippen LogP contribution in [0.15, 0.2) is 39.9 Å². The molecule has 0 saturated carbocycles. The van der Waals surface area contributed by atoms with Gasteiger partial charge in [-0.15, -0.1) is 0 Å². The zero-order chi connectivity index (χ0) is 24.3. The predicted molar refractivity (Wildman–Crippen MR) is 114 cm³/mol. The molecule has 1 saturated heterocycles. The number of Topliss-reactive ketones (excluding diaryl/α,β-unsaturated/α-hetero) is 1. The largest absolute Gasteiger partial charge is 0.494 e. The number of aliphatic hydroxyl groups is 3. The Morgan fingerprint density at radius 3 is 2.42 bits per heavy atom. The Kier molecular flexibility index (Phi) is 7.79. The van der Waals surface area contributed by atoms with E-state index >= 15 is 0 Å². The lowest BCUT2D eigenvalue weighted by Gasteiger charge is -2.42. The number of carbonyl (C=O) groups is 1. The van der Waals surface area contributed by atoms with Gasteiger partial charge < -0.3 is 29.9 Å². The molecule has 180 valence electrons. The molecule has 1 aliphatic heterocycles. The molecule has 12 heteroatoms. The fourth-order valence-corrected chi connectivity index (χ4v) is 3.57. The molecular weight excluding hydrogens is 438 g/mol. The van der Waals surface area contributed by atoms with Gasteiger partial charge in [0.25, 0.3) is 5.56 Å². The van der Waals surface area contributed by atoms with Gasteiger partial charge in [0.1, 0.15) is 23.9 Å². The summed E-state index contributed by atoms with van der Waals surface area (Å²) in [5, 5.41) is 43.1. The number of ketones is 1. The van der Waals surface area contributed by atoms with Crippen LogP contribution in [0.4, 0.5) is 0 Å². The lowest BCUT2D eigenvalue weighted by atomic mass is 9.96. The number of aromatic hydroxyl groups is 1. The Morgan fingerprint density at radius 1 is 1.12 bits per heavy atom. The highest BCUT2D eigenvalue weighted by molar-refractivity contribution is 5.99. The van der Waals surface area contributed by atoms with Crippen molar-refractivity contribution in [2.45, 2.75) is 37.3 Å². The molecule has 0 bridgehead atoms. The van der Waals surface area contributed by atoms with Crippen LogP contribution >= 0.6 is 0 Å². The summed E-state index contributed by atoms with van der Waals surface area (Å²) in [7, 11) is 2.38. The monoisotopic (exact) mass is 465 g/mol. The van der Waals surface area contributed by atoms with Gasteiger partial charge in [-0.3, -0.25) is 24.0 Å². The van der Waals surface area contributed by atoms with Crippen LogP contribution in [0.25, 0.3) is 0 Å². The molecule has 0 radical (unpaired) electrons. The summed E-state index contributed by atoms with van der Waals surface area (Å²) in [6.07, 6.45) is -5.24. The highest BCUT2D eigenvalue weighted by Crippen LogP contribution is 2.23. The maximum absolute atomic E-state index is 12.7. The molecule has 5 atom stereocenters. The summed E-state index contributed by atoms with van der Waals surface area (Å²) in [4.78, 5) is 37.0. The van der Waals surface area contributed by atoms with Gasteiger partial charge in [-0.2, -0.15) is 0 Å². The number of hydrogen-bond acceptors (Lipinski definition) is 10. The van der Waals surface area contributed by atoms with E-state index in [2.05, 4.69) is 5.32 Å². The minimum Gasteiger partial charge on any atom is -0.494 e. The van der Waals surface area contributed by atoms with E-state index in [-0.39, 0.29) is 6.61 Å². The first-order valence-corrected chi connectivity index (χ1v) is 10.2. The quantitative estimate of drug-likeness (QED) is 0.264. The molecule has 5 N–H and O–H groups in total. The van der Waals surface area contributed by atoms with Gasteiger partial charge in [-0.05, 0) is 5.56 Å². The number of nitrogens with zero attached hydrogens (tertiary/aromatic N) is 2. The Morgan fingerprint density at radius 2 is 1.79 bits per heavy atom. The second kappa shape index (κ2) is 10.4. The predicted octanol–water partition coefficient (Wildman–Crippen LogP) is -2.41. The first kappa shape index (κ1) is 24.8. The number of nitrogens with one attached hydrogen (secondary N) is 1. The van der Waals surface area contributed by atoms with Crippen LogP contribution in [0.1, 0.15) is 15.9 Å². The Labute approximate surface area is 188 Å². The van der Waals surface area contributed by atoms with E-state index in [1.807, 2.05) is 30.3 Å². The van der Waals surface area contributed by atoms with Crippen LogP contribution in [0, 0.1) is 0 Å². The average molecular weight is 465 g/mol. The fourth-order valence-electron chi connectivity index (χ4n) is 3.57. The Bertz CT molecular complexity index is 1100. The van der Waals surface area contributed by atoms with Crippen molar-refractivity contribution >= 4 is 5.78 Å². The van der Waals surface area contributed by atoms with Crippen molar-refractivity contribution in [2.75, 3.05) is 13.2 Å². The average Bonchev–Trinajstić information content (AvgIpc) is 2.82. The van der Waals surface area contributed by atoms with Crippen LogP contribution in [0.5, 0.6) is 5.88 Å². The van der Waals surface area contributed by atoms with Gasteiger partial charge in [0.2, 0.25) is 5.88 Å². The molecule has 0 amide bonds. The highest BCUT2D eigenvalue weighted by atomic mass is 16.7. The van der Waals surface area contributed by atoms with E-state index in [9.17, 15) is 34.8 Å². The number of benzene rings is 1. The van der Waals surface area contributed by atoms with Crippen LogP contribution in [-0.2, 0) is 30.2 Å². The minimum absolute atomic E-state index is 0.0841. The lowest BCUT2D eigenvalue weighted by Crippen LogP contribution is -2.64. The number of rotatable bonds is 8. The first-order chi connectivity index (χ1) is 15.7. The number of hydrogen-bond donors (Lipinski definition) is 5. The molecular formula is C21H27N3O9. The Hall–Kier alpha value is -2.87. The number of aliphatic hydroxyl groups excluding tert-OH is 3. The zero-order valence-corrected chi connectivity index (χ0v) is 18.1. The van der Waals surface area contributed by atoms with Gasteiger partial charge in [0.15, 0.2) is 12.1 Å². The summed E-state index contributed by atoms with van der Waals surface area (Å²) in [5.41, 5.74) is -1.57. The molecule has 1 aromatic carbocycles. The summed E-state index contributed by atoms with van der Waals surface area (Å²) < 4.78 is 12.8. The standard InChI is InChI=1S/C21H27N3O9/c1-23-18(29)14(19(30)24(2)21(23)31)12(26)8-22-15-17(28)16(27)13(9-25)33-20(15)32-10-11-6-4-3-5-7-11/h3-7,13,15-17,20,22,25,27-29H,8-10H2,1-2H3/t13?,15?,16-,17+,20+/m0/s1. The van der Waals surface area contributed by atoms with E-state index in [0.717, 1.165) is 10.1 Å². The van der Waals surface area contributed by atoms with Crippen LogP contribution in [-0.4, -0.2) is 79.1 Å². The van der Waals surface area contributed by atoms with E-state index in [1.165, 1.54) is 14.1 Å². The molecule has 0 aliphatic carbocycles. The third-order valence-electron chi connectivity index (χ3n) is 5.55. The molecule has 1 aliphatic rings. The molecule has 0 spiro atoms. The molecule has 33 heavy (non-hydrogen) atoms. The molecule has 3 rings (SSSR count). The van der Waals surface area contributed by atoms with Gasteiger partial charge >= 0.3 is 5.69 Å². The molecule has 2 aromatic rings. The second-order valence-corrected chi connectivity index (χ2v) is 7.74. The van der Waals surface area contributed by atoms with Crippen molar-refractivity contribution in [3.05, 3.63) is 62.3 Å². The highest BCUT2D eigenvalue weighted by Gasteiger charge is 2.45. The van der Waals surface area contributed by atoms with Crippen molar-refractivity contribution < 1.29 is 34.7 Å². The van der Waals surface area contributed by atoms with Crippen molar-refractivity contribution in [3.63, 3.8) is 0 Å². The van der Waals surface area contributed by atoms with E-state index < -0.39 is 72.3 Å². The van der Waals surface area contributed by atoms with Crippen molar-refractivity contribution in [1.82, 2.24) is 14.5 Å². The van der Waals surface area contributed by atoms with E-state index in [0.29, 0.717) is 4.57 Å². The van der Waals surface area contributed by atoms with Crippen LogP contribution in [0.3, 0.4) is 0 Å². The SMILES string of the molecule is Cn1c(O)c(C(=O)CNC2[C@H](OCc3ccccc3)OC(CO)[C@H](O)[C@@H]2O)c(=O)n(C)c1=O. The first-order valence-electron chi connectivity index (χ1n) is 10.2. The van der Waals surface area contributed by atoms with E-state index in [4.69, 9.17) is 9.47 Å². The molecule has 2 unspecified atom stereocenters.